The van der Waals surface area contributed by atoms with Gasteiger partial charge < -0.3 is 15.4 Å². The lowest BCUT2D eigenvalue weighted by molar-refractivity contribution is 0.0949. The molecule has 0 spiro atoms. The van der Waals surface area contributed by atoms with Gasteiger partial charge in [-0.15, -0.1) is 0 Å². The largest absolute Gasteiger partial charge is 0.495 e. The van der Waals surface area contributed by atoms with Gasteiger partial charge in [-0.25, -0.2) is 9.97 Å². The molecule has 2 aromatic carbocycles. The minimum Gasteiger partial charge on any atom is -0.495 e. The van der Waals surface area contributed by atoms with Gasteiger partial charge in [0.25, 0.3) is 5.91 Å². The number of methoxy groups -OCH3 is 1. The van der Waals surface area contributed by atoms with Gasteiger partial charge in [0.15, 0.2) is 0 Å². The zero-order valence-electron chi connectivity index (χ0n) is 15.7. The predicted octanol–water partition coefficient (Wildman–Crippen LogP) is 4.16. The first kappa shape index (κ1) is 19.6. The molecule has 0 unspecified atom stereocenters. The van der Waals surface area contributed by atoms with E-state index in [1.54, 1.807) is 13.2 Å². The quantitative estimate of drug-likeness (QED) is 0.627. The van der Waals surface area contributed by atoms with Gasteiger partial charge in [-0.3, -0.25) is 4.79 Å². The molecule has 3 rings (SSSR count). The summed E-state index contributed by atoms with van der Waals surface area (Å²) in [6.07, 6.45) is 0.708. The van der Waals surface area contributed by atoms with Gasteiger partial charge in [0.05, 0.1) is 12.8 Å². The molecule has 0 bridgehead atoms. The lowest BCUT2D eigenvalue weighted by Crippen LogP contribution is -2.27. The van der Waals surface area contributed by atoms with Crippen molar-refractivity contribution in [2.24, 2.45) is 0 Å². The molecule has 0 atom stereocenters. The van der Waals surface area contributed by atoms with Gasteiger partial charge in [0.2, 0.25) is 5.95 Å². The highest BCUT2D eigenvalue weighted by atomic mass is 35.5. The van der Waals surface area contributed by atoms with E-state index in [1.165, 1.54) is 0 Å². The standard InChI is InChI=1S/C21H21ClN4O2/c1-14-13-18(20(27)23-12-11-15-7-9-16(22)10-8-15)26-21(24-14)25-17-5-3-4-6-19(17)28-2/h3-10,13H,11-12H2,1-2H3,(H,23,27)(H,24,25,26). The number of rotatable bonds is 7. The zero-order valence-corrected chi connectivity index (χ0v) is 16.5. The van der Waals surface area contributed by atoms with Crippen LogP contribution in [0, 0.1) is 6.92 Å². The Morgan fingerprint density at radius 3 is 2.61 bits per heavy atom. The van der Waals surface area contributed by atoms with Crippen molar-refractivity contribution in [3.05, 3.63) is 76.6 Å². The summed E-state index contributed by atoms with van der Waals surface area (Å²) in [5.41, 5.74) is 2.82. The maximum atomic E-state index is 12.5. The van der Waals surface area contributed by atoms with Gasteiger partial charge >= 0.3 is 0 Å². The van der Waals surface area contributed by atoms with E-state index in [2.05, 4.69) is 20.6 Å². The Labute approximate surface area is 168 Å². The van der Waals surface area contributed by atoms with Gasteiger partial charge in [0, 0.05) is 17.3 Å². The number of para-hydroxylation sites is 2. The first-order valence-corrected chi connectivity index (χ1v) is 9.21. The van der Waals surface area contributed by atoms with Crippen molar-refractivity contribution >= 4 is 29.1 Å². The number of ether oxygens (including phenoxy) is 1. The molecule has 144 valence electrons. The van der Waals surface area contributed by atoms with Crippen LogP contribution in [0.2, 0.25) is 5.02 Å². The molecule has 6 nitrogen and oxygen atoms in total. The fourth-order valence-electron chi connectivity index (χ4n) is 2.67. The van der Waals surface area contributed by atoms with Crippen molar-refractivity contribution in [3.63, 3.8) is 0 Å². The minimum atomic E-state index is -0.248. The molecular weight excluding hydrogens is 376 g/mol. The van der Waals surface area contributed by atoms with E-state index in [0.29, 0.717) is 41.1 Å². The van der Waals surface area contributed by atoms with E-state index >= 15 is 0 Å². The van der Waals surface area contributed by atoms with Crippen molar-refractivity contribution in [2.75, 3.05) is 19.0 Å². The molecule has 0 fully saturated rings. The van der Waals surface area contributed by atoms with Gasteiger partial charge in [-0.05, 0) is 49.2 Å². The lowest BCUT2D eigenvalue weighted by atomic mass is 10.1. The Morgan fingerprint density at radius 2 is 1.86 bits per heavy atom. The minimum absolute atomic E-state index is 0.248. The summed E-state index contributed by atoms with van der Waals surface area (Å²) in [6, 6.07) is 16.7. The molecule has 0 saturated carbocycles. The number of aromatic nitrogens is 2. The molecule has 1 heterocycles. The Bertz CT molecular complexity index is 961. The highest BCUT2D eigenvalue weighted by Gasteiger charge is 2.12. The summed E-state index contributed by atoms with van der Waals surface area (Å²) in [7, 11) is 1.59. The molecule has 0 aliphatic rings. The molecule has 0 aliphatic heterocycles. The molecule has 0 saturated heterocycles. The second-order valence-corrected chi connectivity index (χ2v) is 6.61. The highest BCUT2D eigenvalue weighted by Crippen LogP contribution is 2.25. The summed E-state index contributed by atoms with van der Waals surface area (Å²) in [5.74, 6) is 0.761. The Hall–Kier alpha value is -3.12. The third-order valence-electron chi connectivity index (χ3n) is 4.05. The molecule has 28 heavy (non-hydrogen) atoms. The SMILES string of the molecule is COc1ccccc1Nc1nc(C)cc(C(=O)NCCc2ccc(Cl)cc2)n1. The average Bonchev–Trinajstić information content (AvgIpc) is 2.69. The second kappa shape index (κ2) is 9.19. The number of hydrogen-bond acceptors (Lipinski definition) is 5. The van der Waals surface area contributed by atoms with Crippen LogP contribution in [-0.4, -0.2) is 29.5 Å². The molecule has 0 radical (unpaired) electrons. The van der Waals surface area contributed by atoms with Crippen LogP contribution < -0.4 is 15.4 Å². The number of nitrogens with one attached hydrogen (secondary N) is 2. The Morgan fingerprint density at radius 1 is 1.11 bits per heavy atom. The van der Waals surface area contributed by atoms with Crippen molar-refractivity contribution in [2.45, 2.75) is 13.3 Å². The number of hydrogen-bond donors (Lipinski definition) is 2. The molecule has 2 N–H and O–H groups in total. The van der Waals surface area contributed by atoms with Crippen molar-refractivity contribution in [1.82, 2.24) is 15.3 Å². The van der Waals surface area contributed by atoms with E-state index in [4.69, 9.17) is 16.3 Å². The maximum absolute atomic E-state index is 12.5. The van der Waals surface area contributed by atoms with Crippen LogP contribution in [0.5, 0.6) is 5.75 Å². The highest BCUT2D eigenvalue weighted by molar-refractivity contribution is 6.30. The number of halogens is 1. The summed E-state index contributed by atoms with van der Waals surface area (Å²) < 4.78 is 5.32. The number of aryl methyl sites for hydroxylation is 1. The van der Waals surface area contributed by atoms with E-state index in [-0.39, 0.29) is 5.91 Å². The lowest BCUT2D eigenvalue weighted by Gasteiger charge is -2.11. The first-order valence-electron chi connectivity index (χ1n) is 8.83. The van der Waals surface area contributed by atoms with Crippen LogP contribution >= 0.6 is 11.6 Å². The van der Waals surface area contributed by atoms with Gasteiger partial charge in [-0.1, -0.05) is 35.9 Å². The van der Waals surface area contributed by atoms with Crippen LogP contribution in [0.1, 0.15) is 21.7 Å². The molecular formula is C21H21ClN4O2. The van der Waals surface area contributed by atoms with Crippen LogP contribution in [-0.2, 0) is 6.42 Å². The monoisotopic (exact) mass is 396 g/mol. The maximum Gasteiger partial charge on any atom is 0.270 e. The smallest absolute Gasteiger partial charge is 0.270 e. The fraction of sp³-hybridized carbons (Fsp3) is 0.190. The van der Waals surface area contributed by atoms with E-state index in [1.807, 2.05) is 55.5 Å². The molecule has 7 heteroatoms. The number of nitrogens with zero attached hydrogens (tertiary/aromatic N) is 2. The van der Waals surface area contributed by atoms with Crippen LogP contribution in [0.25, 0.3) is 0 Å². The van der Waals surface area contributed by atoms with E-state index in [0.717, 1.165) is 11.3 Å². The number of amides is 1. The number of carbonyl (C=O) groups is 1. The normalized spacial score (nSPS) is 10.4. The molecule has 1 amide bonds. The van der Waals surface area contributed by atoms with Crippen molar-refractivity contribution < 1.29 is 9.53 Å². The number of anilines is 2. The summed E-state index contributed by atoms with van der Waals surface area (Å²) in [6.45, 7) is 2.32. The number of benzene rings is 2. The predicted molar refractivity (Wildman–Crippen MR) is 111 cm³/mol. The van der Waals surface area contributed by atoms with E-state index in [9.17, 15) is 4.79 Å². The van der Waals surface area contributed by atoms with Crippen molar-refractivity contribution in [1.29, 1.82) is 0 Å². The third-order valence-corrected chi connectivity index (χ3v) is 4.30. The van der Waals surface area contributed by atoms with Crippen LogP contribution in [0.15, 0.2) is 54.6 Å². The molecule has 3 aromatic rings. The van der Waals surface area contributed by atoms with Crippen LogP contribution in [0.3, 0.4) is 0 Å². The summed E-state index contributed by atoms with van der Waals surface area (Å²) in [4.78, 5) is 21.2. The fourth-order valence-corrected chi connectivity index (χ4v) is 2.80. The summed E-state index contributed by atoms with van der Waals surface area (Å²) >= 11 is 5.89. The topological polar surface area (TPSA) is 76.1 Å². The van der Waals surface area contributed by atoms with Crippen molar-refractivity contribution in [3.8, 4) is 5.75 Å². The third kappa shape index (κ3) is 5.20. The Kier molecular flexibility index (Phi) is 6.45. The first-order chi connectivity index (χ1) is 13.5. The Balaban J connectivity index is 1.66. The average molecular weight is 397 g/mol. The number of carbonyl (C=O) groups excluding carboxylic acids is 1. The van der Waals surface area contributed by atoms with Crippen LogP contribution in [0.4, 0.5) is 11.6 Å². The molecule has 0 aliphatic carbocycles. The zero-order chi connectivity index (χ0) is 19.9. The summed E-state index contributed by atoms with van der Waals surface area (Å²) in [5, 5.41) is 6.69. The van der Waals surface area contributed by atoms with Gasteiger partial charge in [0.1, 0.15) is 11.4 Å². The molecule has 1 aromatic heterocycles. The van der Waals surface area contributed by atoms with E-state index < -0.39 is 0 Å². The van der Waals surface area contributed by atoms with Gasteiger partial charge in [-0.2, -0.15) is 0 Å². The second-order valence-electron chi connectivity index (χ2n) is 6.18.